The first kappa shape index (κ1) is 13.0. The van der Waals surface area contributed by atoms with Crippen molar-refractivity contribution in [2.24, 2.45) is 0 Å². The normalized spacial score (nSPS) is 12.1. The molecule has 0 radical (unpaired) electrons. The Kier molecular flexibility index (Phi) is 5.88. The molecular weight excluding hydrogens is 224 g/mol. The highest BCUT2D eigenvalue weighted by molar-refractivity contribution is 7.99. The molecule has 0 aliphatic rings. The first-order chi connectivity index (χ1) is 7.77. The van der Waals surface area contributed by atoms with Crippen LogP contribution in [-0.2, 0) is 9.53 Å². The van der Waals surface area contributed by atoms with Crippen LogP contribution in [-0.4, -0.2) is 36.4 Å². The number of hydrogen-bond donors (Lipinski definition) is 1. The van der Waals surface area contributed by atoms with Gasteiger partial charge < -0.3 is 10.1 Å². The van der Waals surface area contributed by atoms with Crippen LogP contribution >= 0.6 is 11.8 Å². The minimum absolute atomic E-state index is 0.219. The number of hydrogen-bond acceptors (Lipinski definition) is 5. The molecule has 4 nitrogen and oxygen atoms in total. The van der Waals surface area contributed by atoms with Crippen LogP contribution in [0.25, 0.3) is 0 Å². The van der Waals surface area contributed by atoms with Gasteiger partial charge >= 0.3 is 5.97 Å². The largest absolute Gasteiger partial charge is 0.468 e. The van der Waals surface area contributed by atoms with Crippen LogP contribution in [0.5, 0.6) is 0 Å². The van der Waals surface area contributed by atoms with E-state index in [2.05, 4.69) is 10.3 Å². The molecule has 0 saturated carbocycles. The van der Waals surface area contributed by atoms with Crippen molar-refractivity contribution in [1.82, 2.24) is 10.3 Å². The highest BCUT2D eigenvalue weighted by Crippen LogP contribution is 2.17. The van der Waals surface area contributed by atoms with Gasteiger partial charge in [-0.3, -0.25) is 9.78 Å². The van der Waals surface area contributed by atoms with Crippen molar-refractivity contribution in [3.05, 3.63) is 24.5 Å². The molecule has 0 fully saturated rings. The summed E-state index contributed by atoms with van der Waals surface area (Å²) in [6.07, 6.45) is 3.48. The number of esters is 1. The van der Waals surface area contributed by atoms with E-state index >= 15 is 0 Å². The number of carbonyl (C=O) groups excluding carboxylic acids is 1. The zero-order chi connectivity index (χ0) is 11.8. The molecule has 0 aromatic carbocycles. The summed E-state index contributed by atoms with van der Waals surface area (Å²) in [4.78, 5) is 16.5. The molecule has 1 rings (SSSR count). The highest BCUT2D eigenvalue weighted by Gasteiger charge is 2.17. The molecule has 16 heavy (non-hydrogen) atoms. The van der Waals surface area contributed by atoms with Crippen molar-refractivity contribution in [3.63, 3.8) is 0 Å². The molecule has 0 bridgehead atoms. The van der Waals surface area contributed by atoms with E-state index in [-0.39, 0.29) is 12.0 Å². The van der Waals surface area contributed by atoms with Gasteiger partial charge in [0.05, 0.1) is 7.11 Å². The number of carbonyl (C=O) groups is 1. The van der Waals surface area contributed by atoms with Gasteiger partial charge in [0, 0.05) is 23.0 Å². The van der Waals surface area contributed by atoms with E-state index in [1.165, 1.54) is 7.11 Å². The maximum atomic E-state index is 11.4. The van der Waals surface area contributed by atoms with Gasteiger partial charge in [0.1, 0.15) is 6.04 Å². The van der Waals surface area contributed by atoms with E-state index in [4.69, 9.17) is 4.74 Å². The number of pyridine rings is 1. The molecule has 0 aliphatic carbocycles. The van der Waals surface area contributed by atoms with Crippen molar-refractivity contribution in [1.29, 1.82) is 0 Å². The van der Waals surface area contributed by atoms with E-state index in [0.29, 0.717) is 5.75 Å². The van der Waals surface area contributed by atoms with Gasteiger partial charge in [-0.05, 0) is 18.7 Å². The van der Waals surface area contributed by atoms with Gasteiger partial charge in [-0.2, -0.15) is 0 Å². The lowest BCUT2D eigenvalue weighted by Crippen LogP contribution is -2.39. The molecular formula is C11H16N2O2S. The molecule has 0 amide bonds. The number of nitrogens with zero attached hydrogens (tertiary/aromatic N) is 1. The van der Waals surface area contributed by atoms with Crippen molar-refractivity contribution < 1.29 is 9.53 Å². The number of ether oxygens (including phenoxy) is 1. The van der Waals surface area contributed by atoms with E-state index in [1.54, 1.807) is 24.2 Å². The Balaban J connectivity index is 2.47. The third-order valence-corrected chi connectivity index (χ3v) is 3.11. The number of methoxy groups -OCH3 is 1. The Morgan fingerprint density at radius 1 is 1.56 bits per heavy atom. The van der Waals surface area contributed by atoms with Crippen LogP contribution in [0.4, 0.5) is 0 Å². The second kappa shape index (κ2) is 7.24. The minimum Gasteiger partial charge on any atom is -0.468 e. The summed E-state index contributed by atoms with van der Waals surface area (Å²) >= 11 is 1.61. The molecule has 1 unspecified atom stereocenters. The molecule has 0 saturated heterocycles. The van der Waals surface area contributed by atoms with Gasteiger partial charge in [0.15, 0.2) is 0 Å². The third-order valence-electron chi connectivity index (χ3n) is 2.00. The van der Waals surface area contributed by atoms with Gasteiger partial charge in [0.25, 0.3) is 0 Å². The molecule has 1 heterocycles. The molecule has 1 atom stereocenters. The van der Waals surface area contributed by atoms with Gasteiger partial charge in [-0.1, -0.05) is 6.92 Å². The SMILES string of the molecule is CCNC(CSc1ccncc1)C(=O)OC. The maximum Gasteiger partial charge on any atom is 0.323 e. The van der Waals surface area contributed by atoms with E-state index < -0.39 is 0 Å². The van der Waals surface area contributed by atoms with Crippen molar-refractivity contribution in [2.45, 2.75) is 17.9 Å². The van der Waals surface area contributed by atoms with Gasteiger partial charge in [0.2, 0.25) is 0 Å². The summed E-state index contributed by atoms with van der Waals surface area (Å²) in [6, 6.07) is 3.59. The summed E-state index contributed by atoms with van der Waals surface area (Å²) in [5.41, 5.74) is 0. The third kappa shape index (κ3) is 4.20. The fraction of sp³-hybridized carbons (Fsp3) is 0.455. The Morgan fingerprint density at radius 2 is 2.25 bits per heavy atom. The van der Waals surface area contributed by atoms with Crippen LogP contribution in [0.2, 0.25) is 0 Å². The fourth-order valence-electron chi connectivity index (χ4n) is 1.21. The Morgan fingerprint density at radius 3 is 2.81 bits per heavy atom. The second-order valence-corrected chi connectivity index (χ2v) is 4.22. The monoisotopic (exact) mass is 240 g/mol. The summed E-state index contributed by atoms with van der Waals surface area (Å²) in [5, 5.41) is 3.09. The Hall–Kier alpha value is -1.07. The average molecular weight is 240 g/mol. The quantitative estimate of drug-likeness (QED) is 0.600. The summed E-state index contributed by atoms with van der Waals surface area (Å²) in [6.45, 7) is 2.71. The number of rotatable bonds is 6. The van der Waals surface area contributed by atoms with Gasteiger partial charge in [-0.25, -0.2) is 0 Å². The number of aromatic nitrogens is 1. The fourth-order valence-corrected chi connectivity index (χ4v) is 2.14. The van der Waals surface area contributed by atoms with E-state index in [1.807, 2.05) is 19.1 Å². The number of likely N-dealkylation sites (N-methyl/N-ethyl adjacent to an activating group) is 1. The standard InChI is InChI=1S/C11H16N2O2S/c1-3-13-10(11(14)15-2)8-16-9-4-6-12-7-5-9/h4-7,10,13H,3,8H2,1-2H3. The van der Waals surface area contributed by atoms with Crippen LogP contribution < -0.4 is 5.32 Å². The predicted octanol–water partition coefficient (Wildman–Crippen LogP) is 1.32. The van der Waals surface area contributed by atoms with E-state index in [0.717, 1.165) is 11.4 Å². The molecule has 1 N–H and O–H groups in total. The Bertz CT molecular complexity index is 319. The lowest BCUT2D eigenvalue weighted by molar-refractivity contribution is -0.142. The Labute approximate surface area is 99.8 Å². The van der Waals surface area contributed by atoms with Gasteiger partial charge in [-0.15, -0.1) is 11.8 Å². The topological polar surface area (TPSA) is 51.2 Å². The maximum absolute atomic E-state index is 11.4. The predicted molar refractivity (Wildman–Crippen MR) is 64.4 cm³/mol. The second-order valence-electron chi connectivity index (χ2n) is 3.13. The smallest absolute Gasteiger partial charge is 0.323 e. The highest BCUT2D eigenvalue weighted by atomic mass is 32.2. The summed E-state index contributed by atoms with van der Waals surface area (Å²) < 4.78 is 4.73. The molecule has 1 aromatic heterocycles. The van der Waals surface area contributed by atoms with Crippen LogP contribution in [0, 0.1) is 0 Å². The lowest BCUT2D eigenvalue weighted by Gasteiger charge is -2.14. The molecule has 88 valence electrons. The van der Waals surface area contributed by atoms with Crippen molar-refractivity contribution in [3.8, 4) is 0 Å². The van der Waals surface area contributed by atoms with Crippen LogP contribution in [0.1, 0.15) is 6.92 Å². The van der Waals surface area contributed by atoms with Crippen LogP contribution in [0.3, 0.4) is 0 Å². The molecule has 1 aromatic rings. The number of nitrogens with one attached hydrogen (secondary N) is 1. The summed E-state index contributed by atoms with van der Waals surface area (Å²) in [7, 11) is 1.41. The zero-order valence-corrected chi connectivity index (χ0v) is 10.3. The minimum atomic E-state index is -0.256. The first-order valence-corrected chi connectivity index (χ1v) is 6.10. The van der Waals surface area contributed by atoms with E-state index in [9.17, 15) is 4.79 Å². The van der Waals surface area contributed by atoms with Crippen LogP contribution in [0.15, 0.2) is 29.4 Å². The van der Waals surface area contributed by atoms with Crippen molar-refractivity contribution >= 4 is 17.7 Å². The lowest BCUT2D eigenvalue weighted by atomic mass is 10.3. The average Bonchev–Trinajstić information content (AvgIpc) is 2.34. The molecule has 5 heteroatoms. The zero-order valence-electron chi connectivity index (χ0n) is 9.47. The molecule has 0 aliphatic heterocycles. The number of thioether (sulfide) groups is 1. The molecule has 0 spiro atoms. The first-order valence-electron chi connectivity index (χ1n) is 5.12. The summed E-state index contributed by atoms with van der Waals surface area (Å²) in [5.74, 6) is 0.438. The van der Waals surface area contributed by atoms with Crippen molar-refractivity contribution in [2.75, 3.05) is 19.4 Å².